The van der Waals surface area contributed by atoms with E-state index in [9.17, 15) is 4.79 Å². The van der Waals surface area contributed by atoms with Crippen molar-refractivity contribution in [3.8, 4) is 5.75 Å². The fourth-order valence-electron chi connectivity index (χ4n) is 3.92. The fourth-order valence-corrected chi connectivity index (χ4v) is 4.38. The maximum absolute atomic E-state index is 12.4. The van der Waals surface area contributed by atoms with Gasteiger partial charge in [0, 0.05) is 12.7 Å². The van der Waals surface area contributed by atoms with Crippen LogP contribution in [0.1, 0.15) is 59.8 Å². The summed E-state index contributed by atoms with van der Waals surface area (Å²) in [5, 5.41) is 5.79. The summed E-state index contributed by atoms with van der Waals surface area (Å²) in [5.41, 5.74) is 0.539. The third kappa shape index (κ3) is 5.28. The topological polar surface area (TPSA) is 53.4 Å². The zero-order chi connectivity index (χ0) is 20.3. The smallest absolute Gasteiger partial charge is 0.309 e. The summed E-state index contributed by atoms with van der Waals surface area (Å²) in [4.78, 5) is 12.4. The number of rotatable bonds is 5. The van der Waals surface area contributed by atoms with Crippen LogP contribution in [-0.2, 0) is 16.1 Å². The molecule has 28 heavy (non-hydrogen) atoms. The molecule has 6 heteroatoms. The first kappa shape index (κ1) is 21.2. The Hall–Kier alpha value is -1.56. The van der Waals surface area contributed by atoms with Crippen molar-refractivity contribution in [2.75, 3.05) is 6.61 Å². The van der Waals surface area contributed by atoms with Gasteiger partial charge in [-0.25, -0.2) is 0 Å². The summed E-state index contributed by atoms with van der Waals surface area (Å²) in [6, 6.07) is 4.01. The van der Waals surface area contributed by atoms with Crippen molar-refractivity contribution in [1.82, 2.24) is 9.78 Å². The predicted molar refractivity (Wildman–Crippen MR) is 115 cm³/mol. The fraction of sp³-hybridized carbons (Fsp3) is 0.636. The van der Waals surface area contributed by atoms with Crippen LogP contribution in [0.2, 0.25) is 0 Å². The minimum atomic E-state index is -0.412. The quantitative estimate of drug-likeness (QED) is 0.430. The highest BCUT2D eigenvalue weighted by Gasteiger charge is 2.28. The summed E-state index contributed by atoms with van der Waals surface area (Å²) in [6.07, 6.45) is 7.12. The Labute approximate surface area is 175 Å². The Morgan fingerprint density at radius 3 is 2.75 bits per heavy atom. The lowest BCUT2D eigenvalue weighted by atomic mass is 9.98. The van der Waals surface area contributed by atoms with Gasteiger partial charge in [0.25, 0.3) is 0 Å². The highest BCUT2D eigenvalue weighted by Crippen LogP contribution is 2.34. The van der Waals surface area contributed by atoms with Gasteiger partial charge >= 0.3 is 5.97 Å². The Kier molecular flexibility index (Phi) is 6.69. The van der Waals surface area contributed by atoms with Crippen LogP contribution in [0.3, 0.4) is 0 Å². The highest BCUT2D eigenvalue weighted by atomic mass is 79.9. The van der Waals surface area contributed by atoms with E-state index in [2.05, 4.69) is 22.1 Å². The van der Waals surface area contributed by atoms with Crippen LogP contribution in [0.4, 0.5) is 0 Å². The number of esters is 1. The number of benzene rings is 1. The summed E-state index contributed by atoms with van der Waals surface area (Å²) in [7, 11) is 0. The molecule has 0 aliphatic heterocycles. The molecule has 2 aromatic rings. The molecule has 0 radical (unpaired) electrons. The number of carbonyl (C=O) groups excluding carboxylic acids is 1. The minimum Gasteiger partial charge on any atom is -0.492 e. The van der Waals surface area contributed by atoms with Crippen LogP contribution in [0, 0.1) is 11.8 Å². The van der Waals surface area contributed by atoms with Crippen LogP contribution in [-0.4, -0.2) is 28.0 Å². The van der Waals surface area contributed by atoms with E-state index in [4.69, 9.17) is 14.6 Å². The molecule has 0 N–H and O–H groups in total. The van der Waals surface area contributed by atoms with Gasteiger partial charge in [-0.3, -0.25) is 9.48 Å². The monoisotopic (exact) mass is 450 g/mol. The van der Waals surface area contributed by atoms with E-state index in [1.807, 2.05) is 44.5 Å². The molecular formula is C22H31BrN2O3. The number of halogens is 1. The molecule has 1 aliphatic carbocycles. The van der Waals surface area contributed by atoms with Gasteiger partial charge in [-0.15, -0.1) is 0 Å². The molecule has 1 heterocycles. The van der Waals surface area contributed by atoms with E-state index in [-0.39, 0.29) is 11.9 Å². The van der Waals surface area contributed by atoms with E-state index in [0.29, 0.717) is 12.5 Å². The molecule has 3 rings (SSSR count). The largest absolute Gasteiger partial charge is 0.492 e. The van der Waals surface area contributed by atoms with E-state index in [1.54, 1.807) is 0 Å². The third-order valence-electron chi connectivity index (χ3n) is 5.20. The summed E-state index contributed by atoms with van der Waals surface area (Å²) >= 11 is 3.57. The van der Waals surface area contributed by atoms with E-state index in [1.165, 1.54) is 0 Å². The maximum Gasteiger partial charge on any atom is 0.309 e. The SMILES string of the molecule is CCOc1c(Br)ccc2nn(CC3CCCC(C(=O)OC(C)(C)C)CC3)cc12. The highest BCUT2D eigenvalue weighted by molar-refractivity contribution is 9.10. The van der Waals surface area contributed by atoms with Crippen molar-refractivity contribution in [1.29, 1.82) is 0 Å². The Bertz CT molecular complexity index is 825. The van der Waals surface area contributed by atoms with Crippen LogP contribution in [0.15, 0.2) is 22.8 Å². The minimum absolute atomic E-state index is 0.0291. The zero-order valence-electron chi connectivity index (χ0n) is 17.3. The number of aromatic nitrogens is 2. The molecule has 2 atom stereocenters. The Balaban J connectivity index is 1.66. The third-order valence-corrected chi connectivity index (χ3v) is 5.83. The Morgan fingerprint density at radius 2 is 2.04 bits per heavy atom. The van der Waals surface area contributed by atoms with E-state index >= 15 is 0 Å². The molecule has 0 spiro atoms. The number of fused-ring (bicyclic) bond motifs is 1. The number of nitrogens with zero attached hydrogens (tertiary/aromatic N) is 2. The molecule has 0 saturated heterocycles. The number of hydrogen-bond acceptors (Lipinski definition) is 4. The van der Waals surface area contributed by atoms with E-state index in [0.717, 1.165) is 59.8 Å². The summed E-state index contributed by atoms with van der Waals surface area (Å²) in [5.74, 6) is 1.38. The molecule has 2 unspecified atom stereocenters. The van der Waals surface area contributed by atoms with E-state index < -0.39 is 5.60 Å². The van der Waals surface area contributed by atoms with Crippen molar-refractivity contribution in [3.63, 3.8) is 0 Å². The first-order valence-electron chi connectivity index (χ1n) is 10.3. The lowest BCUT2D eigenvalue weighted by Gasteiger charge is -2.23. The van der Waals surface area contributed by atoms with Gasteiger partial charge in [-0.1, -0.05) is 6.42 Å². The van der Waals surface area contributed by atoms with Crippen LogP contribution in [0.5, 0.6) is 5.75 Å². The molecule has 1 fully saturated rings. The lowest BCUT2D eigenvalue weighted by molar-refractivity contribution is -0.160. The van der Waals surface area contributed by atoms with Gasteiger partial charge in [0.2, 0.25) is 0 Å². The second-order valence-corrected chi connectivity index (χ2v) is 9.55. The van der Waals surface area contributed by atoms with Gasteiger partial charge in [0.05, 0.1) is 27.9 Å². The Morgan fingerprint density at radius 1 is 1.25 bits per heavy atom. The van der Waals surface area contributed by atoms with Crippen molar-refractivity contribution >= 4 is 32.8 Å². The van der Waals surface area contributed by atoms with Gasteiger partial charge in [0.1, 0.15) is 11.4 Å². The molecule has 0 bridgehead atoms. The average molecular weight is 451 g/mol. The molecule has 1 aromatic carbocycles. The normalized spacial score (nSPS) is 20.8. The number of hydrogen-bond donors (Lipinski definition) is 0. The predicted octanol–water partition coefficient (Wildman–Crippen LogP) is 5.74. The lowest BCUT2D eigenvalue weighted by Crippen LogP contribution is -2.28. The second-order valence-electron chi connectivity index (χ2n) is 8.70. The first-order valence-corrected chi connectivity index (χ1v) is 11.1. The molecule has 1 aliphatic rings. The maximum atomic E-state index is 12.4. The van der Waals surface area contributed by atoms with Crippen molar-refractivity contribution in [2.24, 2.45) is 11.8 Å². The van der Waals surface area contributed by atoms with Gasteiger partial charge in [-0.2, -0.15) is 5.10 Å². The molecule has 154 valence electrons. The number of carbonyl (C=O) groups is 1. The average Bonchev–Trinajstić information content (AvgIpc) is 2.86. The zero-order valence-corrected chi connectivity index (χ0v) is 18.9. The van der Waals surface area contributed by atoms with Crippen LogP contribution < -0.4 is 4.74 Å². The summed E-state index contributed by atoms with van der Waals surface area (Å²) in [6.45, 7) is 9.28. The molecule has 0 amide bonds. The second kappa shape index (κ2) is 8.85. The van der Waals surface area contributed by atoms with Gasteiger partial charge < -0.3 is 9.47 Å². The first-order chi connectivity index (χ1) is 13.3. The number of ether oxygens (including phenoxy) is 2. The molecule has 5 nitrogen and oxygen atoms in total. The van der Waals surface area contributed by atoms with Crippen molar-refractivity contribution < 1.29 is 14.3 Å². The van der Waals surface area contributed by atoms with Crippen molar-refractivity contribution in [3.05, 3.63) is 22.8 Å². The van der Waals surface area contributed by atoms with Crippen LogP contribution >= 0.6 is 15.9 Å². The van der Waals surface area contributed by atoms with Crippen molar-refractivity contribution in [2.45, 2.75) is 71.9 Å². The molecule has 1 saturated carbocycles. The van der Waals surface area contributed by atoms with Crippen LogP contribution in [0.25, 0.3) is 10.9 Å². The van der Waals surface area contributed by atoms with Gasteiger partial charge in [0.15, 0.2) is 0 Å². The molecular weight excluding hydrogens is 420 g/mol. The standard InChI is InChI=1S/C22H31BrN2O3/c1-5-27-20-17-14-25(24-19(17)12-11-18(20)23)13-15-7-6-8-16(10-9-15)21(26)28-22(2,3)4/h11-12,14-16H,5-10,13H2,1-4H3. The van der Waals surface area contributed by atoms with Gasteiger partial charge in [-0.05, 0) is 87.4 Å². The summed E-state index contributed by atoms with van der Waals surface area (Å²) < 4.78 is 14.4. The molecule has 1 aromatic heterocycles.